The van der Waals surface area contributed by atoms with E-state index in [0.717, 1.165) is 39.4 Å². The zero-order chi connectivity index (χ0) is 29.6. The first-order valence-electron chi connectivity index (χ1n) is 14.1. The number of ether oxygens (including phenoxy) is 1. The minimum absolute atomic E-state index is 0.173. The third-order valence-corrected chi connectivity index (χ3v) is 8.48. The van der Waals surface area contributed by atoms with E-state index in [0.29, 0.717) is 25.9 Å². The molecule has 0 radical (unpaired) electrons. The lowest BCUT2D eigenvalue weighted by atomic mass is 9.85. The van der Waals surface area contributed by atoms with Crippen LogP contribution in [0.4, 0.5) is 0 Å². The van der Waals surface area contributed by atoms with Crippen molar-refractivity contribution in [2.75, 3.05) is 13.7 Å². The van der Waals surface area contributed by atoms with Gasteiger partial charge in [-0.15, -0.1) is 11.3 Å². The fourth-order valence-corrected chi connectivity index (χ4v) is 5.98. The standard InChI is InChI=1S/C32H40N4O4S/c1-21-28(41-20-34-21)24-14-12-22(13-15-24)19-33-30(38)25-10-8-18-36(25)31(39)29(32(2,3)4)35-27(37)17-16-23-9-6-7-11-26(23)40-5/h6-7,9,11-15,20,25,29H,8,10,16-19H2,1-5H3,(H,33,38)(H,35,37). The van der Waals surface area contributed by atoms with Crippen LogP contribution < -0.4 is 15.4 Å². The summed E-state index contributed by atoms with van der Waals surface area (Å²) in [5.41, 5.74) is 5.34. The van der Waals surface area contributed by atoms with Crippen molar-refractivity contribution in [1.82, 2.24) is 20.5 Å². The highest BCUT2D eigenvalue weighted by Gasteiger charge is 2.41. The number of amides is 3. The lowest BCUT2D eigenvalue weighted by molar-refractivity contribution is -0.143. The van der Waals surface area contributed by atoms with Gasteiger partial charge >= 0.3 is 0 Å². The van der Waals surface area contributed by atoms with Crippen LogP contribution in [0.5, 0.6) is 5.75 Å². The summed E-state index contributed by atoms with van der Waals surface area (Å²) < 4.78 is 5.39. The number of thiazole rings is 1. The fourth-order valence-electron chi connectivity index (χ4n) is 5.17. The summed E-state index contributed by atoms with van der Waals surface area (Å²) >= 11 is 1.61. The molecule has 2 heterocycles. The van der Waals surface area contributed by atoms with Gasteiger partial charge < -0.3 is 20.3 Å². The van der Waals surface area contributed by atoms with Crippen LogP contribution in [0.3, 0.4) is 0 Å². The van der Waals surface area contributed by atoms with Gasteiger partial charge in [-0.25, -0.2) is 4.98 Å². The van der Waals surface area contributed by atoms with Gasteiger partial charge in [-0.1, -0.05) is 63.2 Å². The predicted molar refractivity (Wildman–Crippen MR) is 162 cm³/mol. The molecule has 3 aromatic rings. The molecule has 1 aliphatic rings. The molecule has 8 nitrogen and oxygen atoms in total. The lowest BCUT2D eigenvalue weighted by Gasteiger charge is -2.35. The molecular formula is C32H40N4O4S. The summed E-state index contributed by atoms with van der Waals surface area (Å²) in [6, 6.07) is 14.4. The smallest absolute Gasteiger partial charge is 0.246 e. The molecule has 0 aliphatic carbocycles. The number of benzene rings is 2. The van der Waals surface area contributed by atoms with E-state index >= 15 is 0 Å². The van der Waals surface area contributed by atoms with Crippen molar-refractivity contribution >= 4 is 29.1 Å². The highest BCUT2D eigenvalue weighted by Crippen LogP contribution is 2.28. The molecule has 2 aromatic carbocycles. The average Bonchev–Trinajstić information content (AvgIpc) is 3.62. The third kappa shape index (κ3) is 7.52. The number of nitrogens with zero attached hydrogens (tertiary/aromatic N) is 2. The van der Waals surface area contributed by atoms with Crippen LogP contribution in [0.15, 0.2) is 54.0 Å². The normalized spacial score (nSPS) is 15.8. The van der Waals surface area contributed by atoms with Crippen molar-refractivity contribution in [3.8, 4) is 16.2 Å². The fraction of sp³-hybridized carbons (Fsp3) is 0.438. The Kier molecular flexibility index (Phi) is 9.81. The molecule has 1 aromatic heterocycles. The third-order valence-electron chi connectivity index (χ3n) is 7.50. The van der Waals surface area contributed by atoms with E-state index in [4.69, 9.17) is 4.74 Å². The number of hydrogen-bond donors (Lipinski definition) is 2. The van der Waals surface area contributed by atoms with Gasteiger partial charge in [-0.05, 0) is 54.4 Å². The molecule has 3 amide bonds. The van der Waals surface area contributed by atoms with Crippen molar-refractivity contribution in [3.63, 3.8) is 0 Å². The number of methoxy groups -OCH3 is 1. The van der Waals surface area contributed by atoms with Gasteiger partial charge in [0.25, 0.3) is 0 Å². The Hall–Kier alpha value is -3.72. The van der Waals surface area contributed by atoms with Crippen molar-refractivity contribution in [3.05, 3.63) is 70.9 Å². The summed E-state index contributed by atoms with van der Waals surface area (Å²) in [5.74, 6) is 0.139. The number of likely N-dealkylation sites (tertiary alicyclic amines) is 1. The Bertz CT molecular complexity index is 1360. The monoisotopic (exact) mass is 576 g/mol. The first kappa shape index (κ1) is 30.2. The second-order valence-electron chi connectivity index (χ2n) is 11.5. The van der Waals surface area contributed by atoms with Crippen LogP contribution >= 0.6 is 11.3 Å². The Labute approximate surface area is 246 Å². The second-order valence-corrected chi connectivity index (χ2v) is 12.4. The number of aromatic nitrogens is 1. The predicted octanol–water partition coefficient (Wildman–Crippen LogP) is 4.90. The van der Waals surface area contributed by atoms with Crippen LogP contribution in [0, 0.1) is 12.3 Å². The number of rotatable bonds is 10. The Balaban J connectivity index is 1.36. The van der Waals surface area contributed by atoms with Crippen LogP contribution in [-0.2, 0) is 27.3 Å². The summed E-state index contributed by atoms with van der Waals surface area (Å²) in [7, 11) is 1.61. The van der Waals surface area contributed by atoms with E-state index in [1.165, 1.54) is 0 Å². The van der Waals surface area contributed by atoms with Crippen LogP contribution in [0.2, 0.25) is 0 Å². The van der Waals surface area contributed by atoms with Crippen molar-refractivity contribution in [2.24, 2.45) is 5.41 Å². The second kappa shape index (κ2) is 13.3. The molecule has 0 bridgehead atoms. The van der Waals surface area contributed by atoms with Gasteiger partial charge in [-0.2, -0.15) is 0 Å². The van der Waals surface area contributed by atoms with Gasteiger partial charge in [0, 0.05) is 19.5 Å². The average molecular weight is 577 g/mol. The molecule has 0 saturated carbocycles. The molecule has 41 heavy (non-hydrogen) atoms. The number of carbonyl (C=O) groups excluding carboxylic acids is 3. The van der Waals surface area contributed by atoms with Gasteiger partial charge in [0.15, 0.2) is 0 Å². The first-order chi connectivity index (χ1) is 19.6. The zero-order valence-corrected chi connectivity index (χ0v) is 25.3. The van der Waals surface area contributed by atoms with Crippen molar-refractivity contribution in [1.29, 1.82) is 0 Å². The maximum absolute atomic E-state index is 13.8. The minimum Gasteiger partial charge on any atom is -0.496 e. The molecule has 1 aliphatic heterocycles. The summed E-state index contributed by atoms with van der Waals surface area (Å²) in [6.45, 7) is 8.65. The maximum atomic E-state index is 13.8. The maximum Gasteiger partial charge on any atom is 0.246 e. The van der Waals surface area contributed by atoms with E-state index in [-0.39, 0.29) is 24.1 Å². The highest BCUT2D eigenvalue weighted by molar-refractivity contribution is 7.13. The number of hydrogen-bond acceptors (Lipinski definition) is 6. The lowest BCUT2D eigenvalue weighted by Crippen LogP contribution is -2.57. The first-order valence-corrected chi connectivity index (χ1v) is 14.9. The molecule has 1 fully saturated rings. The van der Waals surface area contributed by atoms with Crippen molar-refractivity contribution in [2.45, 2.75) is 72.0 Å². The van der Waals surface area contributed by atoms with Gasteiger partial charge in [-0.3, -0.25) is 14.4 Å². The summed E-state index contributed by atoms with van der Waals surface area (Å²) in [6.07, 6.45) is 2.07. The van der Waals surface area contributed by atoms with Crippen LogP contribution in [0.1, 0.15) is 56.9 Å². The van der Waals surface area contributed by atoms with Crippen LogP contribution in [0.25, 0.3) is 10.4 Å². The van der Waals surface area contributed by atoms with E-state index < -0.39 is 17.5 Å². The van der Waals surface area contributed by atoms with E-state index in [2.05, 4.69) is 15.6 Å². The summed E-state index contributed by atoms with van der Waals surface area (Å²) in [5, 5.41) is 5.99. The number of carbonyl (C=O) groups is 3. The molecule has 2 N–H and O–H groups in total. The Morgan fingerprint density at radius 3 is 2.51 bits per heavy atom. The molecule has 218 valence electrons. The van der Waals surface area contributed by atoms with E-state index in [1.807, 2.05) is 81.7 Å². The van der Waals surface area contributed by atoms with Gasteiger partial charge in [0.2, 0.25) is 17.7 Å². The van der Waals surface area contributed by atoms with Gasteiger partial charge in [0.05, 0.1) is 23.2 Å². The number of aryl methyl sites for hydroxylation is 2. The molecule has 2 unspecified atom stereocenters. The SMILES string of the molecule is COc1ccccc1CCC(=O)NC(C(=O)N1CCCC1C(=O)NCc1ccc(-c2scnc2C)cc1)C(C)(C)C. The molecular weight excluding hydrogens is 536 g/mol. The van der Waals surface area contributed by atoms with Gasteiger partial charge in [0.1, 0.15) is 17.8 Å². The van der Waals surface area contributed by atoms with Crippen LogP contribution in [-0.4, -0.2) is 53.3 Å². The quantitative estimate of drug-likeness (QED) is 0.358. The Morgan fingerprint density at radius 1 is 1.12 bits per heavy atom. The van der Waals surface area contributed by atoms with Crippen molar-refractivity contribution < 1.29 is 19.1 Å². The summed E-state index contributed by atoms with van der Waals surface area (Å²) in [4.78, 5) is 47.1. The Morgan fingerprint density at radius 2 is 1.85 bits per heavy atom. The minimum atomic E-state index is -0.746. The molecule has 1 saturated heterocycles. The molecule has 4 rings (SSSR count). The molecule has 2 atom stereocenters. The topological polar surface area (TPSA) is 101 Å². The number of nitrogens with one attached hydrogen (secondary N) is 2. The van der Waals surface area contributed by atoms with E-state index in [1.54, 1.807) is 23.3 Å². The zero-order valence-electron chi connectivity index (χ0n) is 24.5. The highest BCUT2D eigenvalue weighted by atomic mass is 32.1. The number of para-hydroxylation sites is 1. The molecule has 9 heteroatoms. The van der Waals surface area contributed by atoms with E-state index in [9.17, 15) is 14.4 Å². The molecule has 0 spiro atoms. The largest absolute Gasteiger partial charge is 0.496 e.